The van der Waals surface area contributed by atoms with Crippen molar-refractivity contribution in [1.82, 2.24) is 19.7 Å². The Bertz CT molecular complexity index is 865. The predicted molar refractivity (Wildman–Crippen MR) is 87.3 cm³/mol. The first-order chi connectivity index (χ1) is 11.6. The van der Waals surface area contributed by atoms with Gasteiger partial charge in [0.2, 0.25) is 0 Å². The van der Waals surface area contributed by atoms with E-state index in [1.54, 1.807) is 41.5 Å². The molecule has 8 nitrogen and oxygen atoms in total. The third-order valence-electron chi connectivity index (χ3n) is 3.13. The molecule has 0 bridgehead atoms. The lowest BCUT2D eigenvalue weighted by molar-refractivity contribution is -0.384. The van der Waals surface area contributed by atoms with Gasteiger partial charge in [-0.3, -0.25) is 19.5 Å². The smallest absolute Gasteiger partial charge is 0.270 e. The summed E-state index contributed by atoms with van der Waals surface area (Å²) in [6, 6.07) is 9.21. The van der Waals surface area contributed by atoms with Crippen LogP contribution in [0.4, 0.5) is 5.69 Å². The van der Waals surface area contributed by atoms with E-state index < -0.39 is 4.92 Å². The van der Waals surface area contributed by atoms with Crippen molar-refractivity contribution in [3.8, 4) is 5.82 Å². The van der Waals surface area contributed by atoms with E-state index in [4.69, 9.17) is 0 Å². The van der Waals surface area contributed by atoms with Crippen molar-refractivity contribution in [3.05, 3.63) is 70.8 Å². The SMILES string of the molecule is O=C(CSc1ccc(-n2ccnc2)nn1)c1cccc([N+](=O)[O-])c1. The first kappa shape index (κ1) is 15.8. The zero-order valence-electron chi connectivity index (χ0n) is 12.3. The summed E-state index contributed by atoms with van der Waals surface area (Å²) >= 11 is 1.23. The van der Waals surface area contributed by atoms with Gasteiger partial charge in [-0.2, -0.15) is 0 Å². The Morgan fingerprint density at radius 2 is 2.12 bits per heavy atom. The molecular weight excluding hydrogens is 330 g/mol. The lowest BCUT2D eigenvalue weighted by Gasteiger charge is -2.03. The minimum Gasteiger partial charge on any atom is -0.293 e. The lowest BCUT2D eigenvalue weighted by atomic mass is 10.1. The highest BCUT2D eigenvalue weighted by atomic mass is 32.2. The second kappa shape index (κ2) is 7.01. The van der Waals surface area contributed by atoms with Gasteiger partial charge in [0, 0.05) is 30.1 Å². The van der Waals surface area contributed by atoms with Gasteiger partial charge in [-0.05, 0) is 12.1 Å². The molecule has 3 aromatic rings. The van der Waals surface area contributed by atoms with Crippen molar-refractivity contribution >= 4 is 23.2 Å². The van der Waals surface area contributed by atoms with Gasteiger partial charge in [0.1, 0.15) is 11.4 Å². The molecule has 9 heteroatoms. The van der Waals surface area contributed by atoms with E-state index in [9.17, 15) is 14.9 Å². The fourth-order valence-corrected chi connectivity index (χ4v) is 2.65. The maximum Gasteiger partial charge on any atom is 0.270 e. The van der Waals surface area contributed by atoms with Crippen molar-refractivity contribution in [3.63, 3.8) is 0 Å². The highest BCUT2D eigenvalue weighted by Crippen LogP contribution is 2.19. The van der Waals surface area contributed by atoms with Crippen molar-refractivity contribution in [2.75, 3.05) is 5.75 Å². The molecule has 1 aromatic carbocycles. The molecule has 24 heavy (non-hydrogen) atoms. The largest absolute Gasteiger partial charge is 0.293 e. The number of nitrogens with zero attached hydrogens (tertiary/aromatic N) is 5. The number of non-ortho nitro benzene ring substituents is 1. The van der Waals surface area contributed by atoms with E-state index in [-0.39, 0.29) is 17.2 Å². The first-order valence-corrected chi connectivity index (χ1v) is 7.84. The number of imidazole rings is 1. The molecular formula is C15H11N5O3S. The zero-order chi connectivity index (χ0) is 16.9. The first-order valence-electron chi connectivity index (χ1n) is 6.86. The van der Waals surface area contributed by atoms with Gasteiger partial charge in [-0.1, -0.05) is 23.9 Å². The Morgan fingerprint density at radius 1 is 1.25 bits per heavy atom. The third kappa shape index (κ3) is 3.63. The van der Waals surface area contributed by atoms with Gasteiger partial charge in [-0.25, -0.2) is 4.98 Å². The normalized spacial score (nSPS) is 10.5. The molecule has 2 aromatic heterocycles. The summed E-state index contributed by atoms with van der Waals surface area (Å²) in [4.78, 5) is 26.3. The molecule has 3 rings (SSSR count). The molecule has 2 heterocycles. The van der Waals surface area contributed by atoms with Crippen molar-refractivity contribution in [2.24, 2.45) is 0 Å². The molecule has 120 valence electrons. The number of hydrogen-bond donors (Lipinski definition) is 0. The van der Waals surface area contributed by atoms with Gasteiger partial charge in [0.15, 0.2) is 11.6 Å². The number of hydrogen-bond acceptors (Lipinski definition) is 7. The summed E-state index contributed by atoms with van der Waals surface area (Å²) in [6.45, 7) is 0. The van der Waals surface area contributed by atoms with Gasteiger partial charge in [0.05, 0.1) is 10.7 Å². The molecule has 0 aliphatic carbocycles. The number of nitro benzene ring substituents is 1. The van der Waals surface area contributed by atoms with Crippen LogP contribution >= 0.6 is 11.8 Å². The standard InChI is InChI=1S/C15H11N5O3S/c21-13(11-2-1-3-12(8-11)20(22)23)9-24-15-5-4-14(17-18-15)19-7-6-16-10-19/h1-8,10H,9H2. The summed E-state index contributed by atoms with van der Waals surface area (Å²) in [6.07, 6.45) is 5.01. The Labute approximate surface area is 140 Å². The summed E-state index contributed by atoms with van der Waals surface area (Å²) in [5.41, 5.74) is 0.204. The van der Waals surface area contributed by atoms with Crippen LogP contribution in [0.1, 0.15) is 10.4 Å². The summed E-state index contributed by atoms with van der Waals surface area (Å²) < 4.78 is 1.72. The van der Waals surface area contributed by atoms with Crippen LogP contribution in [0.2, 0.25) is 0 Å². The van der Waals surface area contributed by atoms with Gasteiger partial charge in [-0.15, -0.1) is 10.2 Å². The molecule has 0 atom stereocenters. The highest BCUT2D eigenvalue weighted by molar-refractivity contribution is 7.99. The molecule has 0 saturated heterocycles. The van der Waals surface area contributed by atoms with Crippen LogP contribution in [0.3, 0.4) is 0 Å². The lowest BCUT2D eigenvalue weighted by Crippen LogP contribution is -2.04. The van der Waals surface area contributed by atoms with E-state index in [0.717, 1.165) is 0 Å². The van der Waals surface area contributed by atoms with E-state index in [0.29, 0.717) is 16.4 Å². The maximum absolute atomic E-state index is 12.1. The van der Waals surface area contributed by atoms with Crippen LogP contribution in [0, 0.1) is 10.1 Å². The maximum atomic E-state index is 12.1. The Morgan fingerprint density at radius 3 is 2.79 bits per heavy atom. The van der Waals surface area contributed by atoms with Gasteiger partial charge < -0.3 is 0 Å². The van der Waals surface area contributed by atoms with Gasteiger partial charge >= 0.3 is 0 Å². The van der Waals surface area contributed by atoms with Crippen molar-refractivity contribution < 1.29 is 9.72 Å². The minimum atomic E-state index is -0.524. The number of rotatable bonds is 6. The van der Waals surface area contributed by atoms with Crippen LogP contribution in [-0.2, 0) is 0 Å². The van der Waals surface area contributed by atoms with Crippen molar-refractivity contribution in [1.29, 1.82) is 0 Å². The molecule has 0 saturated carbocycles. The third-order valence-corrected chi connectivity index (χ3v) is 4.05. The topological polar surface area (TPSA) is 104 Å². The monoisotopic (exact) mass is 341 g/mol. The number of carbonyl (C=O) groups excluding carboxylic acids is 1. The van der Waals surface area contributed by atoms with Gasteiger partial charge in [0.25, 0.3) is 5.69 Å². The molecule has 0 unspecified atom stereocenters. The molecule has 0 aliphatic rings. The van der Waals surface area contributed by atoms with Crippen LogP contribution in [0.25, 0.3) is 5.82 Å². The molecule has 0 fully saturated rings. The molecule has 0 amide bonds. The summed E-state index contributed by atoms with van der Waals surface area (Å²) in [5.74, 6) is 0.548. The van der Waals surface area contributed by atoms with Crippen LogP contribution in [0.15, 0.2) is 60.1 Å². The average Bonchev–Trinajstić information content (AvgIpc) is 3.15. The van der Waals surface area contributed by atoms with Crippen molar-refractivity contribution in [2.45, 2.75) is 5.03 Å². The zero-order valence-corrected chi connectivity index (χ0v) is 13.1. The van der Waals surface area contributed by atoms with Crippen LogP contribution < -0.4 is 0 Å². The number of ketones is 1. The molecule has 0 spiro atoms. The number of Topliss-reactive ketones (excluding diaryl/α,β-unsaturated/α-hetero) is 1. The minimum absolute atomic E-state index is 0.102. The number of nitro groups is 1. The summed E-state index contributed by atoms with van der Waals surface area (Å²) in [5, 5.41) is 19.5. The molecule has 0 radical (unpaired) electrons. The molecule has 0 aliphatic heterocycles. The summed E-state index contributed by atoms with van der Waals surface area (Å²) in [7, 11) is 0. The second-order valence-corrected chi connectivity index (χ2v) is 5.71. The molecule has 0 N–H and O–H groups in total. The van der Waals surface area contributed by atoms with Crippen LogP contribution in [0.5, 0.6) is 0 Å². The Hall–Kier alpha value is -3.07. The number of thioether (sulfide) groups is 1. The number of carbonyl (C=O) groups is 1. The Balaban J connectivity index is 1.64. The highest BCUT2D eigenvalue weighted by Gasteiger charge is 2.12. The number of benzene rings is 1. The fraction of sp³-hybridized carbons (Fsp3) is 0.0667. The van der Waals surface area contributed by atoms with E-state index in [1.807, 2.05) is 0 Å². The Kier molecular flexibility index (Phi) is 4.62. The van der Waals surface area contributed by atoms with E-state index in [2.05, 4.69) is 15.2 Å². The fourth-order valence-electron chi connectivity index (χ4n) is 1.94. The van der Waals surface area contributed by atoms with E-state index in [1.165, 1.54) is 30.0 Å². The van der Waals surface area contributed by atoms with Crippen LogP contribution in [-0.4, -0.2) is 36.2 Å². The second-order valence-electron chi connectivity index (χ2n) is 4.72. The number of aromatic nitrogens is 4. The quantitative estimate of drug-likeness (QED) is 0.294. The predicted octanol–water partition coefficient (Wildman–Crippen LogP) is 2.55. The van der Waals surface area contributed by atoms with E-state index >= 15 is 0 Å². The average molecular weight is 341 g/mol.